The molecule has 0 fully saturated rings. The topological polar surface area (TPSA) is 83.1 Å². The Morgan fingerprint density at radius 1 is 1.24 bits per heavy atom. The number of hydrogen-bond donors (Lipinski definition) is 1. The summed E-state index contributed by atoms with van der Waals surface area (Å²) in [6.07, 6.45) is 4.07. The Morgan fingerprint density at radius 3 is 2.79 bits per heavy atom. The second-order valence-corrected chi connectivity index (χ2v) is 8.35. The van der Waals surface area contributed by atoms with Crippen LogP contribution in [0.15, 0.2) is 44.9 Å². The molecule has 3 rings (SSSR count). The van der Waals surface area contributed by atoms with Crippen molar-refractivity contribution in [3.8, 4) is 0 Å². The van der Waals surface area contributed by atoms with E-state index in [0.717, 1.165) is 40.8 Å². The Hall–Kier alpha value is -2.45. The molecule has 0 spiro atoms. The van der Waals surface area contributed by atoms with Gasteiger partial charge in [-0.05, 0) is 51.2 Å². The maximum absolute atomic E-state index is 12.3. The summed E-state index contributed by atoms with van der Waals surface area (Å²) in [5, 5.41) is 2.79. The van der Waals surface area contributed by atoms with Crippen LogP contribution in [0.25, 0.3) is 0 Å². The first kappa shape index (κ1) is 21.3. The fourth-order valence-corrected chi connectivity index (χ4v) is 3.57. The summed E-state index contributed by atoms with van der Waals surface area (Å²) in [7, 11) is 4.04. The molecule has 0 radical (unpaired) electrons. The number of rotatable bonds is 9. The van der Waals surface area contributed by atoms with Gasteiger partial charge in [-0.2, -0.15) is 11.8 Å². The van der Waals surface area contributed by atoms with Crippen molar-refractivity contribution < 1.29 is 9.21 Å². The molecule has 1 N–H and O–H groups in total. The summed E-state index contributed by atoms with van der Waals surface area (Å²) >= 11 is 1.75. The van der Waals surface area contributed by atoms with Crippen molar-refractivity contribution >= 4 is 29.8 Å². The van der Waals surface area contributed by atoms with Gasteiger partial charge in [0.2, 0.25) is 11.9 Å². The minimum atomic E-state index is -0.289. The zero-order chi connectivity index (χ0) is 20.6. The average Bonchev–Trinajstić information content (AvgIpc) is 3.12. The molecule has 2 aromatic heterocycles. The molecule has 154 valence electrons. The van der Waals surface area contributed by atoms with E-state index in [0.29, 0.717) is 18.9 Å². The van der Waals surface area contributed by atoms with Crippen LogP contribution >= 0.6 is 11.8 Å². The number of amides is 1. The quantitative estimate of drug-likeness (QED) is 0.639. The Labute approximate surface area is 175 Å². The van der Waals surface area contributed by atoms with Gasteiger partial charge in [0.1, 0.15) is 11.5 Å². The number of aromatic nitrogens is 1. The van der Waals surface area contributed by atoms with Gasteiger partial charge in [0.25, 0.3) is 0 Å². The second kappa shape index (κ2) is 10.4. The lowest BCUT2D eigenvalue weighted by Crippen LogP contribution is -2.40. The van der Waals surface area contributed by atoms with Gasteiger partial charge in [-0.25, -0.2) is 4.99 Å². The Balaban J connectivity index is 1.40. The van der Waals surface area contributed by atoms with E-state index in [1.165, 1.54) is 0 Å². The van der Waals surface area contributed by atoms with Crippen molar-refractivity contribution in [2.75, 3.05) is 26.4 Å². The van der Waals surface area contributed by atoms with Gasteiger partial charge in [-0.15, -0.1) is 0 Å². The molecule has 1 unspecified atom stereocenters. The van der Waals surface area contributed by atoms with Gasteiger partial charge in [-0.1, -0.05) is 6.07 Å². The van der Waals surface area contributed by atoms with E-state index in [1.807, 2.05) is 45.3 Å². The number of nitrogens with one attached hydrogen (secondary N) is 1. The van der Waals surface area contributed by atoms with Crippen LogP contribution in [-0.2, 0) is 23.5 Å². The normalized spacial score (nSPS) is 17.9. The van der Waals surface area contributed by atoms with E-state index >= 15 is 0 Å². The molecule has 0 saturated carbocycles. The van der Waals surface area contributed by atoms with E-state index in [2.05, 4.69) is 25.2 Å². The Morgan fingerprint density at radius 2 is 2.07 bits per heavy atom. The molecule has 1 aliphatic heterocycles. The summed E-state index contributed by atoms with van der Waals surface area (Å²) in [6, 6.07) is 7.98. The highest BCUT2D eigenvalue weighted by molar-refractivity contribution is 7.98. The SMILES string of the molecule is Cc1ccc(CC2C=NC(=NCCSCc3ccc(CN(C)C)o3)NC2=O)cn1. The molecule has 8 heteroatoms. The molecular formula is C21H27N5O2S. The highest BCUT2D eigenvalue weighted by atomic mass is 32.2. The van der Waals surface area contributed by atoms with Crippen molar-refractivity contribution in [3.63, 3.8) is 0 Å². The van der Waals surface area contributed by atoms with E-state index in [-0.39, 0.29) is 11.8 Å². The molecular weight excluding hydrogens is 386 g/mol. The number of carbonyl (C=O) groups excluding carboxylic acids is 1. The lowest BCUT2D eigenvalue weighted by atomic mass is 10.00. The van der Waals surface area contributed by atoms with Gasteiger partial charge in [0.05, 0.1) is 24.8 Å². The molecule has 7 nitrogen and oxygen atoms in total. The van der Waals surface area contributed by atoms with Gasteiger partial charge < -0.3 is 9.32 Å². The van der Waals surface area contributed by atoms with Crippen molar-refractivity contribution in [1.82, 2.24) is 15.2 Å². The highest BCUT2D eigenvalue weighted by Crippen LogP contribution is 2.16. The smallest absolute Gasteiger partial charge is 0.235 e. The minimum Gasteiger partial charge on any atom is -0.464 e. The first-order valence-electron chi connectivity index (χ1n) is 9.60. The summed E-state index contributed by atoms with van der Waals surface area (Å²) in [5.41, 5.74) is 1.98. The van der Waals surface area contributed by atoms with Gasteiger partial charge in [0.15, 0.2) is 0 Å². The molecule has 1 aliphatic rings. The molecule has 0 aliphatic carbocycles. The van der Waals surface area contributed by atoms with Crippen LogP contribution in [0, 0.1) is 12.8 Å². The van der Waals surface area contributed by atoms with Gasteiger partial charge in [0, 0.05) is 23.9 Å². The predicted octanol–water partition coefficient (Wildman–Crippen LogP) is 2.69. The van der Waals surface area contributed by atoms with Crippen molar-refractivity contribution in [1.29, 1.82) is 0 Å². The van der Waals surface area contributed by atoms with Crippen LogP contribution in [0.3, 0.4) is 0 Å². The molecule has 3 heterocycles. The van der Waals surface area contributed by atoms with Crippen LogP contribution in [0.2, 0.25) is 0 Å². The molecule has 0 bridgehead atoms. The molecule has 29 heavy (non-hydrogen) atoms. The maximum Gasteiger partial charge on any atom is 0.235 e. The van der Waals surface area contributed by atoms with Gasteiger partial charge in [-0.3, -0.25) is 20.1 Å². The summed E-state index contributed by atoms with van der Waals surface area (Å²) in [4.78, 5) is 27.3. The molecule has 1 amide bonds. The van der Waals surface area contributed by atoms with Gasteiger partial charge >= 0.3 is 0 Å². The zero-order valence-corrected chi connectivity index (χ0v) is 17.9. The molecule has 2 aromatic rings. The van der Waals surface area contributed by atoms with Crippen molar-refractivity contribution in [2.24, 2.45) is 15.9 Å². The number of thioether (sulfide) groups is 1. The fraction of sp³-hybridized carbons (Fsp3) is 0.429. The summed E-state index contributed by atoms with van der Waals surface area (Å²) in [6.45, 7) is 3.34. The molecule has 0 aromatic carbocycles. The first-order valence-corrected chi connectivity index (χ1v) is 10.8. The Kier molecular flexibility index (Phi) is 7.60. The number of guanidine groups is 1. The highest BCUT2D eigenvalue weighted by Gasteiger charge is 2.22. The second-order valence-electron chi connectivity index (χ2n) is 7.25. The van der Waals surface area contributed by atoms with E-state index in [9.17, 15) is 4.79 Å². The average molecular weight is 414 g/mol. The van der Waals surface area contributed by atoms with E-state index < -0.39 is 0 Å². The number of aryl methyl sites for hydroxylation is 1. The Bertz CT molecular complexity index is 873. The third kappa shape index (κ3) is 6.83. The maximum atomic E-state index is 12.3. The van der Waals surface area contributed by atoms with Crippen LogP contribution < -0.4 is 5.32 Å². The standard InChI is InChI=1S/C21H27N5O2S/c1-15-4-5-16(11-23-15)10-17-12-24-21(25-20(17)27)22-8-9-29-14-19-7-6-18(28-19)13-26(2)3/h4-7,11-12,17H,8-10,13-14H2,1-3H3,(H,22,25,27). The predicted molar refractivity (Wildman–Crippen MR) is 117 cm³/mol. The summed E-state index contributed by atoms with van der Waals surface area (Å²) in [5.74, 6) is 3.61. The molecule has 0 saturated heterocycles. The lowest BCUT2D eigenvalue weighted by molar-refractivity contribution is -0.121. The fourth-order valence-electron chi connectivity index (χ4n) is 2.85. The first-order chi connectivity index (χ1) is 14.0. The largest absolute Gasteiger partial charge is 0.464 e. The minimum absolute atomic E-state index is 0.0732. The third-order valence-corrected chi connectivity index (χ3v) is 5.27. The van der Waals surface area contributed by atoms with E-state index in [1.54, 1.807) is 24.2 Å². The number of pyridine rings is 1. The number of furan rings is 1. The monoisotopic (exact) mass is 413 g/mol. The molecule has 1 atom stereocenters. The van der Waals surface area contributed by atoms with E-state index in [4.69, 9.17) is 4.42 Å². The number of nitrogens with zero attached hydrogens (tertiary/aromatic N) is 4. The van der Waals surface area contributed by atoms with Crippen molar-refractivity contribution in [3.05, 3.63) is 53.2 Å². The van der Waals surface area contributed by atoms with Crippen LogP contribution in [-0.4, -0.2) is 54.4 Å². The van der Waals surface area contributed by atoms with Crippen molar-refractivity contribution in [2.45, 2.75) is 25.6 Å². The summed E-state index contributed by atoms with van der Waals surface area (Å²) < 4.78 is 5.79. The number of carbonyl (C=O) groups is 1. The zero-order valence-electron chi connectivity index (χ0n) is 17.1. The van der Waals surface area contributed by atoms with Crippen LogP contribution in [0.4, 0.5) is 0 Å². The number of hydrogen-bond acceptors (Lipinski definition) is 6. The number of aliphatic imine (C=N–C) groups is 2. The lowest BCUT2D eigenvalue weighted by Gasteiger charge is -2.17. The van der Waals surface area contributed by atoms with Crippen LogP contribution in [0.5, 0.6) is 0 Å². The van der Waals surface area contributed by atoms with Crippen LogP contribution in [0.1, 0.15) is 22.8 Å². The third-order valence-electron chi connectivity index (χ3n) is 4.31.